The van der Waals surface area contributed by atoms with E-state index in [1.807, 2.05) is 302 Å². The zero-order chi connectivity index (χ0) is 77.1. The fourth-order valence-electron chi connectivity index (χ4n) is 12.9. The third-order valence-electron chi connectivity index (χ3n) is 18.7. The van der Waals surface area contributed by atoms with E-state index >= 15 is 0 Å². The molecule has 3 N–H and O–H groups in total. The van der Waals surface area contributed by atoms with Crippen molar-refractivity contribution in [3.05, 3.63) is 224 Å². The van der Waals surface area contributed by atoms with Crippen molar-refractivity contribution in [2.45, 2.75) is 4.90 Å². The topological polar surface area (TPSA) is 247 Å². The first-order chi connectivity index (χ1) is 53.4. The molecule has 14 aromatic rings. The Labute approximate surface area is 659 Å². The Bertz CT molecular complexity index is 6310. The van der Waals surface area contributed by atoms with Crippen LogP contribution in [0.5, 0.6) is 80.5 Å². The van der Waals surface area contributed by atoms with Gasteiger partial charge in [-0.15, -0.1) is 0 Å². The summed E-state index contributed by atoms with van der Waals surface area (Å²) in [7, 11) is 19.1. The molecule has 8 bridgehead atoms. The van der Waals surface area contributed by atoms with Crippen LogP contribution in [-0.2, 0) is 29.6 Å². The van der Waals surface area contributed by atoms with Crippen LogP contribution in [0, 0.1) is 0 Å². The number of benzene rings is 11. The number of ether oxygens (including phenoxy) is 7. The fraction of sp³-hybridized carbons (Fsp3) is 0.140. The molecule has 26 heteroatoms. The minimum absolute atomic E-state index is 0. The third kappa shape index (κ3) is 15.4. The smallest absolute Gasteiger partial charge is 0.457 e. The molecule has 0 fully saturated rings. The van der Waals surface area contributed by atoms with E-state index in [0.717, 1.165) is 34.1 Å². The van der Waals surface area contributed by atoms with Crippen LogP contribution in [0.15, 0.2) is 229 Å². The molecule has 0 unspecified atom stereocenters. The predicted octanol–water partition coefficient (Wildman–Crippen LogP) is 19.1. The number of fused-ring (bicyclic) bond motifs is 20. The van der Waals surface area contributed by atoms with Crippen LogP contribution in [-0.4, -0.2) is 137 Å². The van der Waals surface area contributed by atoms with Gasteiger partial charge >= 0.3 is 19.5 Å². The number of aromatic amines is 2. The molecular formula is C86H76N14O10SZn+2. The van der Waals surface area contributed by atoms with E-state index in [4.69, 9.17) is 63.1 Å². The van der Waals surface area contributed by atoms with Crippen LogP contribution in [0.3, 0.4) is 0 Å². The zero-order valence-corrected chi connectivity index (χ0v) is 67.2. The monoisotopic (exact) mass is 1560 g/mol. The standard InChI is InChI=1S/C86H76N14O10S.Zn/c1-95(2)50-19-13-25-57(37-50)105-73-44-67-68(45-74(73)106-58-26-14-20-51(38-58)96(3)4)83-90-81(67)88-79-65-36-33-63(104-56-31-34-64(35-32-56)111(101,102)103)43-66(65)80(87-79)89-82-69-46-75(107-59-27-15-21-52(39-59)97(5)6)76(108-60-28-16-22-53(40-60)98(7)8)47-70(69)84(91-82)93-86-72-49-78(110-62-30-18-24-55(42-62)100(11)12)77(48-71(72)85(92-83)94-86)109-61-29-17-23-54(41-61)99(9)10;/h13-49H,1-12H3,(H,101,102,103)(H2,87,88,89,90,91,92,93,94);/q;+2. The molecular weight excluding hydrogens is 1490 g/mol. The maximum Gasteiger partial charge on any atom is 2.00 e. The van der Waals surface area contributed by atoms with Crippen LogP contribution in [0.2, 0.25) is 0 Å². The minimum Gasteiger partial charge on any atom is -0.457 e. The van der Waals surface area contributed by atoms with Crippen molar-refractivity contribution in [3.63, 3.8) is 0 Å². The van der Waals surface area contributed by atoms with Gasteiger partial charge in [-0.3, -0.25) is 4.55 Å². The van der Waals surface area contributed by atoms with Gasteiger partial charge in [0.05, 0.1) is 4.90 Å². The summed E-state index contributed by atoms with van der Waals surface area (Å²) in [4.78, 5) is 51.9. The molecule has 556 valence electrons. The average molecular weight is 1560 g/mol. The van der Waals surface area contributed by atoms with Crippen LogP contribution in [0.25, 0.3) is 89.7 Å². The van der Waals surface area contributed by atoms with Crippen molar-refractivity contribution in [2.75, 3.05) is 114 Å². The van der Waals surface area contributed by atoms with Gasteiger partial charge in [0.25, 0.3) is 10.1 Å². The molecule has 5 heterocycles. The number of anilines is 6. The molecule has 2 aliphatic rings. The fourth-order valence-corrected chi connectivity index (χ4v) is 13.3. The van der Waals surface area contributed by atoms with Crippen molar-refractivity contribution in [1.29, 1.82) is 0 Å². The second-order valence-corrected chi connectivity index (χ2v) is 29.3. The molecule has 0 aliphatic carbocycles. The molecule has 11 aromatic carbocycles. The van der Waals surface area contributed by atoms with Gasteiger partial charge in [0.1, 0.15) is 68.6 Å². The quantitative estimate of drug-likeness (QED) is 0.0447. The number of hydrogen-bond acceptors (Lipinski definition) is 21. The van der Waals surface area contributed by atoms with Gasteiger partial charge < -0.3 is 72.5 Å². The van der Waals surface area contributed by atoms with Gasteiger partial charge in [0, 0.05) is 199 Å². The summed E-state index contributed by atoms with van der Waals surface area (Å²) in [6.07, 6.45) is 0. The zero-order valence-electron chi connectivity index (χ0n) is 63.5. The first-order valence-corrected chi connectivity index (χ1v) is 36.9. The van der Waals surface area contributed by atoms with Crippen molar-refractivity contribution in [3.8, 4) is 126 Å². The first kappa shape index (κ1) is 74.2. The second-order valence-electron chi connectivity index (χ2n) is 27.9. The first-order valence-electron chi connectivity index (χ1n) is 35.4. The van der Waals surface area contributed by atoms with Gasteiger partial charge in [0.15, 0.2) is 57.8 Å². The Morgan fingerprint density at radius 3 is 0.777 bits per heavy atom. The average Bonchev–Trinajstić information content (AvgIpc) is 1.59. The van der Waals surface area contributed by atoms with E-state index in [0.29, 0.717) is 141 Å². The molecule has 16 rings (SSSR count). The van der Waals surface area contributed by atoms with Gasteiger partial charge in [0.2, 0.25) is 0 Å². The van der Waals surface area contributed by atoms with Crippen molar-refractivity contribution in [2.24, 2.45) is 0 Å². The summed E-state index contributed by atoms with van der Waals surface area (Å²) in [6, 6.07) is 68.7. The number of H-pyrrole nitrogens is 2. The molecule has 0 spiro atoms. The van der Waals surface area contributed by atoms with E-state index in [-0.39, 0.29) is 53.4 Å². The van der Waals surface area contributed by atoms with Crippen LogP contribution >= 0.6 is 0 Å². The van der Waals surface area contributed by atoms with Gasteiger partial charge in [-0.1, -0.05) is 36.4 Å². The largest absolute Gasteiger partial charge is 2.00 e. The molecule has 3 aromatic heterocycles. The van der Waals surface area contributed by atoms with E-state index in [1.54, 1.807) is 12.1 Å². The normalized spacial score (nSPS) is 11.4. The molecule has 0 radical (unpaired) electrons. The van der Waals surface area contributed by atoms with Gasteiger partial charge in [-0.05, 0) is 152 Å². The van der Waals surface area contributed by atoms with E-state index < -0.39 is 10.1 Å². The van der Waals surface area contributed by atoms with Crippen LogP contribution in [0.4, 0.5) is 34.1 Å². The van der Waals surface area contributed by atoms with Crippen molar-refractivity contribution < 1.29 is 65.6 Å². The van der Waals surface area contributed by atoms with E-state index in [1.165, 1.54) is 24.3 Å². The van der Waals surface area contributed by atoms with Crippen molar-refractivity contribution in [1.82, 2.24) is 39.9 Å². The Balaban J connectivity index is 0.00000992. The molecule has 0 atom stereocenters. The van der Waals surface area contributed by atoms with Crippen LogP contribution < -0.4 is 62.6 Å². The summed E-state index contributed by atoms with van der Waals surface area (Å²) in [6.45, 7) is 0. The molecule has 112 heavy (non-hydrogen) atoms. The number of aromatic nitrogens is 8. The summed E-state index contributed by atoms with van der Waals surface area (Å²) in [5.41, 5.74) is 8.84. The maximum absolute atomic E-state index is 12.2. The van der Waals surface area contributed by atoms with Gasteiger partial charge in [-0.2, -0.15) is 8.42 Å². The van der Waals surface area contributed by atoms with Crippen molar-refractivity contribution >= 4 is 88.4 Å². The minimum atomic E-state index is -4.50. The Hall–Kier alpha value is -13.3. The predicted molar refractivity (Wildman–Crippen MR) is 437 cm³/mol. The summed E-state index contributed by atoms with van der Waals surface area (Å²) in [5.74, 6) is 6.85. The number of rotatable bonds is 21. The molecule has 24 nitrogen and oxygen atoms in total. The molecule has 2 aliphatic heterocycles. The molecule has 0 amide bonds. The molecule has 0 saturated carbocycles. The Kier molecular flexibility index (Phi) is 20.1. The Morgan fingerprint density at radius 2 is 0.509 bits per heavy atom. The van der Waals surface area contributed by atoms with Crippen LogP contribution in [0.1, 0.15) is 0 Å². The van der Waals surface area contributed by atoms with Gasteiger partial charge in [-0.25, -0.2) is 29.9 Å². The third-order valence-corrected chi connectivity index (χ3v) is 19.6. The second kappa shape index (κ2) is 30.3. The SMILES string of the molecule is CN(C)c1cccc(Oc2cc3c(cc2Oc2cccc(N(C)C)c2)-c2nc-3nc3[nH]c(nc4nc(nc5[nH]c(n2)c2cc(Oc6cccc(N(C)C)c6)c(Oc6cccc(N(C)C)c6)cc52)-c2cc(Oc5cccc(N(C)C)c5)c(Oc5cccc(N(C)C)c5)cc2-4)c2cc(Oc4ccc(S(=O)(=O)O)cc4)ccc32)c1.[Zn+2]. The number of nitrogens with one attached hydrogen (secondary N) is 2. The summed E-state index contributed by atoms with van der Waals surface area (Å²) < 4.78 is 82.5. The summed E-state index contributed by atoms with van der Waals surface area (Å²) in [5, 5.41) is 2.25. The maximum atomic E-state index is 12.2. The van der Waals surface area contributed by atoms with E-state index in [9.17, 15) is 13.0 Å². The molecule has 0 saturated heterocycles. The number of nitrogens with zero attached hydrogens (tertiary/aromatic N) is 12. The number of hydrogen-bond donors (Lipinski definition) is 3. The summed E-state index contributed by atoms with van der Waals surface area (Å²) >= 11 is 0. The Morgan fingerprint density at radius 1 is 0.268 bits per heavy atom. The van der Waals surface area contributed by atoms with E-state index in [2.05, 4.69) is 9.97 Å².